The summed E-state index contributed by atoms with van der Waals surface area (Å²) in [5.41, 5.74) is 2.51. The van der Waals surface area contributed by atoms with E-state index in [1.165, 1.54) is 57.1 Å². The molecular weight excluding hydrogens is 422 g/mol. The number of benzene rings is 2. The Hall–Kier alpha value is -1.93. The number of halogens is 1. The number of hydrogen-bond acceptors (Lipinski definition) is 4. The molecule has 2 aromatic rings. The number of hydrogen-bond donors (Lipinski definition) is 1. The second-order valence-corrected chi connectivity index (χ2v) is 10.3. The van der Waals surface area contributed by atoms with Gasteiger partial charge < -0.3 is 5.32 Å². The van der Waals surface area contributed by atoms with Crippen LogP contribution in [0.2, 0.25) is 5.02 Å². The molecule has 0 aromatic heterocycles. The second kappa shape index (κ2) is 9.92. The molecule has 1 amide bonds. The van der Waals surface area contributed by atoms with Crippen LogP contribution in [-0.4, -0.2) is 50.7 Å². The third kappa shape index (κ3) is 5.60. The van der Waals surface area contributed by atoms with E-state index in [1.807, 2.05) is 12.1 Å². The summed E-state index contributed by atoms with van der Waals surface area (Å²) in [4.78, 5) is 14.9. The predicted octanol–water partition coefficient (Wildman–Crippen LogP) is 3.51. The molecule has 1 aliphatic heterocycles. The van der Waals surface area contributed by atoms with E-state index in [-0.39, 0.29) is 21.4 Å². The van der Waals surface area contributed by atoms with Gasteiger partial charge in [-0.2, -0.15) is 0 Å². The lowest BCUT2D eigenvalue weighted by molar-refractivity contribution is 0.0950. The van der Waals surface area contributed by atoms with Crippen LogP contribution in [0.25, 0.3) is 0 Å². The molecule has 30 heavy (non-hydrogen) atoms. The van der Waals surface area contributed by atoms with Gasteiger partial charge in [0.2, 0.25) is 10.0 Å². The molecular formula is C22H28ClN3O3S. The maximum atomic E-state index is 12.5. The monoisotopic (exact) mass is 449 g/mol. The first-order valence-electron chi connectivity index (χ1n) is 10.1. The van der Waals surface area contributed by atoms with Gasteiger partial charge in [0.15, 0.2) is 0 Å². The summed E-state index contributed by atoms with van der Waals surface area (Å²) in [6.07, 6.45) is 3.87. The Morgan fingerprint density at radius 2 is 1.67 bits per heavy atom. The molecule has 0 atom stereocenters. The fourth-order valence-electron chi connectivity index (χ4n) is 3.46. The van der Waals surface area contributed by atoms with E-state index < -0.39 is 10.0 Å². The normalized spacial score (nSPS) is 15.3. The Kier molecular flexibility index (Phi) is 7.52. The van der Waals surface area contributed by atoms with Crippen molar-refractivity contribution >= 4 is 27.5 Å². The van der Waals surface area contributed by atoms with Crippen LogP contribution in [0.15, 0.2) is 47.4 Å². The van der Waals surface area contributed by atoms with Gasteiger partial charge in [-0.05, 0) is 55.3 Å². The summed E-state index contributed by atoms with van der Waals surface area (Å²) in [6, 6.07) is 12.5. The summed E-state index contributed by atoms with van der Waals surface area (Å²) >= 11 is 6.05. The minimum Gasteiger partial charge on any atom is -0.348 e. The van der Waals surface area contributed by atoms with Crippen molar-refractivity contribution in [2.24, 2.45) is 0 Å². The average molecular weight is 450 g/mol. The number of sulfonamides is 1. The van der Waals surface area contributed by atoms with Gasteiger partial charge in [0.1, 0.15) is 4.90 Å². The molecule has 1 aliphatic rings. The third-order valence-corrected chi connectivity index (χ3v) is 7.58. The van der Waals surface area contributed by atoms with Crippen LogP contribution in [0.5, 0.6) is 0 Å². The fourth-order valence-corrected chi connectivity index (χ4v) is 4.86. The molecule has 0 aliphatic carbocycles. The van der Waals surface area contributed by atoms with Crippen molar-refractivity contribution in [2.45, 2.75) is 37.2 Å². The molecule has 0 spiro atoms. The maximum Gasteiger partial charge on any atom is 0.251 e. The second-order valence-electron chi connectivity index (χ2n) is 7.77. The Morgan fingerprint density at radius 3 is 2.30 bits per heavy atom. The zero-order valence-electron chi connectivity index (χ0n) is 17.4. The van der Waals surface area contributed by atoms with Crippen LogP contribution in [0.3, 0.4) is 0 Å². The van der Waals surface area contributed by atoms with E-state index in [1.54, 1.807) is 0 Å². The van der Waals surface area contributed by atoms with Crippen LogP contribution >= 0.6 is 11.6 Å². The predicted molar refractivity (Wildman–Crippen MR) is 119 cm³/mol. The number of nitrogens with one attached hydrogen (secondary N) is 1. The minimum absolute atomic E-state index is 0.0797. The summed E-state index contributed by atoms with van der Waals surface area (Å²) < 4.78 is 25.8. The number of nitrogens with zero attached hydrogens (tertiary/aromatic N) is 2. The van der Waals surface area contributed by atoms with Crippen molar-refractivity contribution in [3.8, 4) is 0 Å². The number of amides is 1. The molecule has 1 heterocycles. The molecule has 0 radical (unpaired) electrons. The zero-order valence-corrected chi connectivity index (χ0v) is 19.0. The van der Waals surface area contributed by atoms with Gasteiger partial charge in [-0.1, -0.05) is 42.3 Å². The minimum atomic E-state index is -3.73. The van der Waals surface area contributed by atoms with E-state index in [0.29, 0.717) is 6.54 Å². The lowest BCUT2D eigenvalue weighted by Gasteiger charge is -2.26. The van der Waals surface area contributed by atoms with Crippen LogP contribution in [0.1, 0.15) is 40.7 Å². The molecule has 1 fully saturated rings. The number of carbonyl (C=O) groups excluding carboxylic acids is 1. The molecule has 2 aromatic carbocycles. The maximum absolute atomic E-state index is 12.5. The highest BCUT2D eigenvalue weighted by Gasteiger charge is 2.22. The Bertz CT molecular complexity index is 985. The van der Waals surface area contributed by atoms with Gasteiger partial charge in [-0.3, -0.25) is 9.69 Å². The van der Waals surface area contributed by atoms with Crippen molar-refractivity contribution in [1.29, 1.82) is 0 Å². The quantitative estimate of drug-likeness (QED) is 0.702. The van der Waals surface area contributed by atoms with Crippen LogP contribution in [0, 0.1) is 0 Å². The molecule has 8 heteroatoms. The van der Waals surface area contributed by atoms with Gasteiger partial charge in [0.25, 0.3) is 5.91 Å². The standard InChI is InChI=1S/C22H28ClN3O3S/c1-25(2)30(28,29)21-14-19(10-11-20(21)23)22(27)24-15-17-6-8-18(9-7-17)16-26-12-4-3-5-13-26/h6-11,14H,3-5,12-13,15-16H2,1-2H3,(H,24,27). The highest BCUT2D eigenvalue weighted by molar-refractivity contribution is 7.89. The summed E-state index contributed by atoms with van der Waals surface area (Å²) in [5.74, 6) is -0.348. The Balaban J connectivity index is 1.61. The van der Waals surface area contributed by atoms with Gasteiger partial charge in [-0.25, -0.2) is 12.7 Å². The summed E-state index contributed by atoms with van der Waals surface area (Å²) in [6.45, 7) is 3.64. The zero-order chi connectivity index (χ0) is 21.7. The van der Waals surface area contributed by atoms with Crippen molar-refractivity contribution in [1.82, 2.24) is 14.5 Å². The van der Waals surface area contributed by atoms with E-state index >= 15 is 0 Å². The van der Waals surface area contributed by atoms with E-state index in [9.17, 15) is 13.2 Å². The van der Waals surface area contributed by atoms with E-state index in [4.69, 9.17) is 11.6 Å². The Labute approximate surface area is 183 Å². The first kappa shape index (κ1) is 22.7. The third-order valence-electron chi connectivity index (χ3n) is 5.28. The highest BCUT2D eigenvalue weighted by Crippen LogP contribution is 2.25. The van der Waals surface area contributed by atoms with E-state index in [2.05, 4.69) is 22.3 Å². The van der Waals surface area contributed by atoms with Gasteiger partial charge in [-0.15, -0.1) is 0 Å². The van der Waals surface area contributed by atoms with Crippen LogP contribution in [-0.2, 0) is 23.1 Å². The first-order chi connectivity index (χ1) is 14.3. The molecule has 162 valence electrons. The highest BCUT2D eigenvalue weighted by atomic mass is 35.5. The molecule has 0 saturated carbocycles. The van der Waals surface area contributed by atoms with Crippen LogP contribution < -0.4 is 5.32 Å². The molecule has 0 unspecified atom stereocenters. The Morgan fingerprint density at radius 1 is 1.03 bits per heavy atom. The lowest BCUT2D eigenvalue weighted by Crippen LogP contribution is -2.29. The van der Waals surface area contributed by atoms with Crippen molar-refractivity contribution < 1.29 is 13.2 Å². The van der Waals surface area contributed by atoms with E-state index in [0.717, 1.165) is 29.5 Å². The van der Waals surface area contributed by atoms with Crippen molar-refractivity contribution in [3.63, 3.8) is 0 Å². The van der Waals surface area contributed by atoms with Gasteiger partial charge in [0.05, 0.1) is 5.02 Å². The molecule has 6 nitrogen and oxygen atoms in total. The van der Waals surface area contributed by atoms with Crippen molar-refractivity contribution in [2.75, 3.05) is 27.2 Å². The number of carbonyl (C=O) groups is 1. The molecule has 1 saturated heterocycles. The van der Waals surface area contributed by atoms with Crippen LogP contribution in [0.4, 0.5) is 0 Å². The lowest BCUT2D eigenvalue weighted by atomic mass is 10.1. The van der Waals surface area contributed by atoms with Gasteiger partial charge in [0, 0.05) is 32.7 Å². The number of piperidine rings is 1. The average Bonchev–Trinajstić information content (AvgIpc) is 2.74. The first-order valence-corrected chi connectivity index (χ1v) is 11.9. The van der Waals surface area contributed by atoms with Gasteiger partial charge >= 0.3 is 0 Å². The fraction of sp³-hybridized carbons (Fsp3) is 0.409. The topological polar surface area (TPSA) is 69.7 Å². The molecule has 3 rings (SSSR count). The molecule has 1 N–H and O–H groups in total. The van der Waals surface area contributed by atoms with Crippen molar-refractivity contribution in [3.05, 3.63) is 64.2 Å². The SMILES string of the molecule is CN(C)S(=O)(=O)c1cc(C(=O)NCc2ccc(CN3CCCCC3)cc2)ccc1Cl. The smallest absolute Gasteiger partial charge is 0.251 e. The summed E-state index contributed by atoms with van der Waals surface area (Å²) in [7, 11) is -0.883. The molecule has 0 bridgehead atoms. The summed E-state index contributed by atoms with van der Waals surface area (Å²) in [5, 5.41) is 2.93. The number of rotatable bonds is 7. The largest absolute Gasteiger partial charge is 0.348 e. The number of likely N-dealkylation sites (tertiary alicyclic amines) is 1.